The molecule has 0 bridgehead atoms. The third kappa shape index (κ3) is 5.54. The number of carbonyl (C=O) groups excluding carboxylic acids is 2. The zero-order chi connectivity index (χ0) is 16.8. The van der Waals surface area contributed by atoms with Gasteiger partial charge in [0.15, 0.2) is 6.61 Å². The smallest absolute Gasteiger partial charge is 0.310 e. The molecule has 1 amide bonds. The van der Waals surface area contributed by atoms with E-state index in [0.717, 1.165) is 0 Å². The second-order valence-corrected chi connectivity index (χ2v) is 5.48. The molecule has 0 unspecified atom stereocenters. The molecule has 2 rings (SSSR count). The Morgan fingerprint density at radius 3 is 2.61 bits per heavy atom. The Kier molecular flexibility index (Phi) is 5.96. The summed E-state index contributed by atoms with van der Waals surface area (Å²) in [6.07, 6.45) is -0.118. The monoisotopic (exact) mass is 355 g/mol. The summed E-state index contributed by atoms with van der Waals surface area (Å²) in [6, 6.07) is 10.2. The number of hydrogen-bond donors (Lipinski definition) is 1. The highest BCUT2D eigenvalue weighted by atomic mass is 35.5. The maximum atomic E-state index is 13.0. The molecule has 120 valence electrons. The van der Waals surface area contributed by atoms with Gasteiger partial charge >= 0.3 is 5.97 Å². The number of amides is 1. The van der Waals surface area contributed by atoms with Crippen molar-refractivity contribution in [2.24, 2.45) is 0 Å². The van der Waals surface area contributed by atoms with Crippen LogP contribution in [0.3, 0.4) is 0 Å². The summed E-state index contributed by atoms with van der Waals surface area (Å²) in [5.41, 5.74) is 0.832. The van der Waals surface area contributed by atoms with Crippen LogP contribution in [0, 0.1) is 5.82 Å². The molecule has 0 aliphatic carbocycles. The van der Waals surface area contributed by atoms with E-state index in [9.17, 15) is 14.0 Å². The topological polar surface area (TPSA) is 55.4 Å². The van der Waals surface area contributed by atoms with Crippen molar-refractivity contribution in [3.05, 3.63) is 63.9 Å². The van der Waals surface area contributed by atoms with Crippen molar-refractivity contribution in [2.45, 2.75) is 6.42 Å². The Balaban J connectivity index is 1.83. The minimum Gasteiger partial charge on any atom is -0.455 e. The molecule has 0 saturated heterocycles. The standard InChI is InChI=1S/C16H12Cl2FNO3/c17-11-4-5-14(13(18)8-11)20-15(21)9-23-16(22)7-10-2-1-3-12(19)6-10/h1-6,8H,7,9H2,(H,20,21). The minimum atomic E-state index is -0.632. The zero-order valence-corrected chi connectivity index (χ0v) is 13.3. The first-order valence-electron chi connectivity index (χ1n) is 6.59. The summed E-state index contributed by atoms with van der Waals surface area (Å²) in [4.78, 5) is 23.3. The molecule has 0 spiro atoms. The van der Waals surface area contributed by atoms with E-state index >= 15 is 0 Å². The van der Waals surface area contributed by atoms with Crippen molar-refractivity contribution < 1.29 is 18.7 Å². The summed E-state index contributed by atoms with van der Waals surface area (Å²) >= 11 is 11.7. The largest absolute Gasteiger partial charge is 0.455 e. The average molecular weight is 356 g/mol. The van der Waals surface area contributed by atoms with Gasteiger partial charge in [-0.15, -0.1) is 0 Å². The summed E-state index contributed by atoms with van der Waals surface area (Å²) in [7, 11) is 0. The van der Waals surface area contributed by atoms with Gasteiger partial charge in [-0.05, 0) is 35.9 Å². The number of hydrogen-bond acceptors (Lipinski definition) is 3. The number of carbonyl (C=O) groups is 2. The molecule has 0 atom stereocenters. The van der Waals surface area contributed by atoms with Gasteiger partial charge < -0.3 is 10.1 Å². The third-order valence-electron chi connectivity index (χ3n) is 2.81. The van der Waals surface area contributed by atoms with Crippen LogP contribution in [0.5, 0.6) is 0 Å². The van der Waals surface area contributed by atoms with E-state index in [0.29, 0.717) is 16.3 Å². The first-order chi connectivity index (χ1) is 10.9. The Morgan fingerprint density at radius 2 is 1.91 bits per heavy atom. The molecule has 0 fully saturated rings. The predicted molar refractivity (Wildman–Crippen MR) is 86.2 cm³/mol. The van der Waals surface area contributed by atoms with Gasteiger partial charge in [0.05, 0.1) is 17.1 Å². The van der Waals surface area contributed by atoms with Gasteiger partial charge in [0.1, 0.15) is 5.82 Å². The lowest BCUT2D eigenvalue weighted by Crippen LogP contribution is -2.21. The molecule has 2 aromatic carbocycles. The molecule has 2 aromatic rings. The van der Waals surface area contributed by atoms with Gasteiger partial charge in [0, 0.05) is 5.02 Å². The van der Waals surface area contributed by atoms with Crippen molar-refractivity contribution in [3.8, 4) is 0 Å². The SMILES string of the molecule is O=C(COC(=O)Cc1cccc(F)c1)Nc1ccc(Cl)cc1Cl. The maximum Gasteiger partial charge on any atom is 0.310 e. The highest BCUT2D eigenvalue weighted by Gasteiger charge is 2.11. The Bertz CT molecular complexity index is 737. The molecule has 0 aliphatic rings. The number of halogens is 3. The normalized spacial score (nSPS) is 10.2. The lowest BCUT2D eigenvalue weighted by Gasteiger charge is -2.08. The molecule has 0 aromatic heterocycles. The number of ether oxygens (including phenoxy) is 1. The van der Waals surface area contributed by atoms with E-state index < -0.39 is 24.3 Å². The molecule has 23 heavy (non-hydrogen) atoms. The van der Waals surface area contributed by atoms with E-state index in [1.165, 1.54) is 30.3 Å². The average Bonchev–Trinajstić information content (AvgIpc) is 2.48. The predicted octanol–water partition coefficient (Wildman–Crippen LogP) is 3.86. The van der Waals surface area contributed by atoms with Crippen LogP contribution in [0.25, 0.3) is 0 Å². The fraction of sp³-hybridized carbons (Fsp3) is 0.125. The van der Waals surface area contributed by atoms with Crippen molar-refractivity contribution in [1.82, 2.24) is 0 Å². The van der Waals surface area contributed by atoms with Gasteiger partial charge in [0.2, 0.25) is 0 Å². The van der Waals surface area contributed by atoms with E-state index in [-0.39, 0.29) is 11.4 Å². The minimum absolute atomic E-state index is 0.118. The van der Waals surface area contributed by atoms with Crippen LogP contribution in [0.15, 0.2) is 42.5 Å². The van der Waals surface area contributed by atoms with E-state index in [2.05, 4.69) is 5.32 Å². The van der Waals surface area contributed by atoms with Crippen molar-refractivity contribution in [3.63, 3.8) is 0 Å². The second-order valence-electron chi connectivity index (χ2n) is 4.64. The van der Waals surface area contributed by atoms with Gasteiger partial charge in [-0.2, -0.15) is 0 Å². The molecular weight excluding hydrogens is 344 g/mol. The van der Waals surface area contributed by atoms with Gasteiger partial charge in [0.25, 0.3) is 5.91 Å². The molecule has 4 nitrogen and oxygen atoms in total. The maximum absolute atomic E-state index is 13.0. The van der Waals surface area contributed by atoms with Crippen LogP contribution in [-0.2, 0) is 20.7 Å². The molecule has 0 radical (unpaired) electrons. The molecule has 1 N–H and O–H groups in total. The van der Waals surface area contributed by atoms with Crippen LogP contribution in [0.1, 0.15) is 5.56 Å². The van der Waals surface area contributed by atoms with Crippen LogP contribution in [0.2, 0.25) is 10.0 Å². The Labute approximate surface area is 142 Å². The second kappa shape index (κ2) is 7.94. The van der Waals surface area contributed by atoms with E-state index in [1.807, 2.05) is 0 Å². The van der Waals surface area contributed by atoms with Crippen molar-refractivity contribution >= 4 is 40.8 Å². The molecule has 0 aliphatic heterocycles. The van der Waals surface area contributed by atoms with Crippen LogP contribution >= 0.6 is 23.2 Å². The molecule has 7 heteroatoms. The van der Waals surface area contributed by atoms with Gasteiger partial charge in [-0.1, -0.05) is 35.3 Å². The molecule has 0 heterocycles. The number of benzene rings is 2. The van der Waals surface area contributed by atoms with Crippen LogP contribution in [-0.4, -0.2) is 18.5 Å². The lowest BCUT2D eigenvalue weighted by atomic mass is 10.1. The third-order valence-corrected chi connectivity index (χ3v) is 3.35. The first kappa shape index (κ1) is 17.2. The van der Waals surface area contributed by atoms with E-state index in [1.54, 1.807) is 12.1 Å². The van der Waals surface area contributed by atoms with Crippen molar-refractivity contribution in [2.75, 3.05) is 11.9 Å². The Hall–Kier alpha value is -2.11. The lowest BCUT2D eigenvalue weighted by molar-refractivity contribution is -0.146. The fourth-order valence-corrected chi connectivity index (χ4v) is 2.24. The first-order valence-corrected chi connectivity index (χ1v) is 7.34. The number of rotatable bonds is 5. The highest BCUT2D eigenvalue weighted by Crippen LogP contribution is 2.25. The summed E-state index contributed by atoms with van der Waals surface area (Å²) in [5, 5.41) is 3.21. The summed E-state index contributed by atoms with van der Waals surface area (Å²) in [5.74, 6) is -1.61. The van der Waals surface area contributed by atoms with Gasteiger partial charge in [-0.25, -0.2) is 4.39 Å². The van der Waals surface area contributed by atoms with Crippen LogP contribution < -0.4 is 5.32 Å². The molecule has 0 saturated carbocycles. The quantitative estimate of drug-likeness (QED) is 0.828. The summed E-state index contributed by atoms with van der Waals surface area (Å²) in [6.45, 7) is -0.465. The number of nitrogens with one attached hydrogen (secondary N) is 1. The summed E-state index contributed by atoms with van der Waals surface area (Å²) < 4.78 is 17.8. The van der Waals surface area contributed by atoms with E-state index in [4.69, 9.17) is 27.9 Å². The van der Waals surface area contributed by atoms with Gasteiger partial charge in [-0.3, -0.25) is 9.59 Å². The fourth-order valence-electron chi connectivity index (χ4n) is 1.79. The highest BCUT2D eigenvalue weighted by molar-refractivity contribution is 6.36. The zero-order valence-electron chi connectivity index (χ0n) is 11.8. The van der Waals surface area contributed by atoms with Crippen molar-refractivity contribution in [1.29, 1.82) is 0 Å². The molecular formula is C16H12Cl2FNO3. The van der Waals surface area contributed by atoms with Crippen LogP contribution in [0.4, 0.5) is 10.1 Å². The number of esters is 1. The Morgan fingerprint density at radius 1 is 1.13 bits per heavy atom. The number of anilines is 1.